The minimum absolute atomic E-state index is 0.0561. The molecule has 0 unspecified atom stereocenters. The van der Waals surface area contributed by atoms with E-state index in [0.717, 1.165) is 24.3 Å². The quantitative estimate of drug-likeness (QED) is 0.180. The summed E-state index contributed by atoms with van der Waals surface area (Å²) in [5.74, 6) is 3.94. The van der Waals surface area contributed by atoms with Gasteiger partial charge >= 0.3 is 0 Å². The average Bonchev–Trinajstić information content (AvgIpc) is 3.13. The summed E-state index contributed by atoms with van der Waals surface area (Å²) in [6.07, 6.45) is 23.5. The van der Waals surface area contributed by atoms with Crippen LogP contribution < -0.4 is 4.74 Å². The predicted molar refractivity (Wildman–Crippen MR) is 148 cm³/mol. The van der Waals surface area contributed by atoms with Gasteiger partial charge in [-0.1, -0.05) is 109 Å². The highest BCUT2D eigenvalue weighted by atomic mass is 16.5. The summed E-state index contributed by atoms with van der Waals surface area (Å²) in [7, 11) is 0. The lowest BCUT2D eigenvalue weighted by Gasteiger charge is -2.33. The number of ether oxygens (including phenoxy) is 1. The minimum atomic E-state index is 0.0561. The fourth-order valence-corrected chi connectivity index (χ4v) is 5.74. The molecule has 0 spiro atoms. The Morgan fingerprint density at radius 3 is 1.82 bits per heavy atom. The van der Waals surface area contributed by atoms with E-state index in [0.29, 0.717) is 0 Å². The predicted octanol–water partition coefficient (Wildman–Crippen LogP) is 9.83. The number of hydrogen-bond donors (Lipinski definition) is 0. The van der Waals surface area contributed by atoms with Gasteiger partial charge in [0.1, 0.15) is 5.75 Å². The lowest BCUT2D eigenvalue weighted by atomic mass is 9.70. The maximum Gasteiger partial charge on any atom is 0.119 e. The van der Waals surface area contributed by atoms with Crippen molar-refractivity contribution in [2.24, 2.45) is 0 Å². The zero-order valence-corrected chi connectivity index (χ0v) is 22.1. The minimum Gasteiger partial charge on any atom is -0.494 e. The first-order valence-corrected chi connectivity index (χ1v) is 14.1. The lowest BCUT2D eigenvalue weighted by molar-refractivity contribution is 0.303. The first-order chi connectivity index (χ1) is 16.7. The summed E-state index contributed by atoms with van der Waals surface area (Å²) in [6, 6.07) is 13.6. The number of terminal acetylenes is 1. The largest absolute Gasteiger partial charge is 0.494 e. The molecule has 1 aliphatic carbocycles. The molecule has 0 atom stereocenters. The topological polar surface area (TPSA) is 9.23 Å². The molecule has 0 bridgehead atoms. The van der Waals surface area contributed by atoms with Gasteiger partial charge in [-0.2, -0.15) is 0 Å². The van der Waals surface area contributed by atoms with Crippen LogP contribution in [0.4, 0.5) is 0 Å². The van der Waals surface area contributed by atoms with E-state index in [1.165, 1.54) is 106 Å². The highest BCUT2D eigenvalue weighted by Crippen LogP contribution is 2.55. The zero-order valence-electron chi connectivity index (χ0n) is 22.1. The molecule has 2 aromatic rings. The van der Waals surface area contributed by atoms with Crippen LogP contribution in [0.2, 0.25) is 0 Å². The Hall–Kier alpha value is -2.20. The average molecular weight is 459 g/mol. The number of hydrogen-bond acceptors (Lipinski definition) is 1. The molecule has 0 heterocycles. The Bertz CT molecular complexity index is 920. The highest BCUT2D eigenvalue weighted by Gasteiger charge is 2.42. The molecular formula is C33H46O. The van der Waals surface area contributed by atoms with Crippen molar-refractivity contribution in [3.05, 3.63) is 53.1 Å². The zero-order chi connectivity index (χ0) is 24.2. The number of rotatable bonds is 16. The van der Waals surface area contributed by atoms with Gasteiger partial charge in [0, 0.05) is 11.0 Å². The van der Waals surface area contributed by atoms with Gasteiger partial charge in [0.05, 0.1) is 6.61 Å². The van der Waals surface area contributed by atoms with Crippen molar-refractivity contribution in [1.82, 2.24) is 0 Å². The molecule has 1 nitrogen and oxygen atoms in total. The summed E-state index contributed by atoms with van der Waals surface area (Å²) in [4.78, 5) is 0. The second-order valence-electron chi connectivity index (χ2n) is 10.2. The van der Waals surface area contributed by atoms with Gasteiger partial charge in [-0.3, -0.25) is 0 Å². The van der Waals surface area contributed by atoms with Crippen LogP contribution in [0.15, 0.2) is 36.4 Å². The van der Waals surface area contributed by atoms with Gasteiger partial charge in [0.15, 0.2) is 0 Å². The highest BCUT2D eigenvalue weighted by molar-refractivity contribution is 5.82. The summed E-state index contributed by atoms with van der Waals surface area (Å²) < 4.78 is 6.27. The van der Waals surface area contributed by atoms with Crippen LogP contribution in [0.5, 0.6) is 5.75 Å². The second-order valence-corrected chi connectivity index (χ2v) is 10.2. The fourth-order valence-electron chi connectivity index (χ4n) is 5.74. The van der Waals surface area contributed by atoms with Crippen LogP contribution in [0.1, 0.15) is 127 Å². The molecule has 0 saturated heterocycles. The van der Waals surface area contributed by atoms with Crippen molar-refractivity contribution in [1.29, 1.82) is 0 Å². The third kappa shape index (κ3) is 6.27. The summed E-state index contributed by atoms with van der Waals surface area (Å²) >= 11 is 0. The molecule has 0 radical (unpaired) electrons. The SMILES string of the molecule is C#Cc1ccc2c(c1)C(CCCCCC)(CCCCCC)c1cc(OCCCCCC)ccc1-2. The van der Waals surface area contributed by atoms with E-state index in [1.807, 2.05) is 0 Å². The molecule has 1 heteroatoms. The van der Waals surface area contributed by atoms with E-state index in [4.69, 9.17) is 11.2 Å². The molecule has 0 N–H and O–H groups in total. The molecule has 3 rings (SSSR count). The lowest BCUT2D eigenvalue weighted by Crippen LogP contribution is -2.25. The Labute approximate surface area is 209 Å². The van der Waals surface area contributed by atoms with Crippen LogP contribution in [0.25, 0.3) is 11.1 Å². The van der Waals surface area contributed by atoms with Gasteiger partial charge in [-0.25, -0.2) is 0 Å². The molecule has 0 fully saturated rings. The van der Waals surface area contributed by atoms with Crippen LogP contribution in [0.3, 0.4) is 0 Å². The Balaban J connectivity index is 1.96. The maximum atomic E-state index is 6.27. The van der Waals surface area contributed by atoms with E-state index in [1.54, 1.807) is 0 Å². The standard InChI is InChI=1S/C33H46O/c1-5-9-12-15-22-33(23-16-13-10-6-2)31-25-27(8-4)18-20-29(31)30-21-19-28(26-32(30)33)34-24-17-14-11-7-3/h4,18-21,25-26H,5-7,9-17,22-24H2,1-3H3. The van der Waals surface area contributed by atoms with Crippen molar-refractivity contribution in [3.8, 4) is 29.2 Å². The number of fused-ring (bicyclic) bond motifs is 3. The summed E-state index contributed by atoms with van der Waals surface area (Å²) in [5.41, 5.74) is 6.78. The van der Waals surface area contributed by atoms with E-state index < -0.39 is 0 Å². The normalized spacial score (nSPS) is 13.4. The van der Waals surface area contributed by atoms with Crippen LogP contribution in [-0.2, 0) is 5.41 Å². The van der Waals surface area contributed by atoms with Gasteiger partial charge in [-0.05, 0) is 65.8 Å². The van der Waals surface area contributed by atoms with Gasteiger partial charge in [0.25, 0.3) is 0 Å². The van der Waals surface area contributed by atoms with Gasteiger partial charge < -0.3 is 4.74 Å². The maximum absolute atomic E-state index is 6.27. The Morgan fingerprint density at radius 1 is 0.676 bits per heavy atom. The van der Waals surface area contributed by atoms with E-state index in [9.17, 15) is 0 Å². The number of benzene rings is 2. The van der Waals surface area contributed by atoms with E-state index >= 15 is 0 Å². The van der Waals surface area contributed by atoms with E-state index in [-0.39, 0.29) is 5.41 Å². The second kappa shape index (κ2) is 13.6. The van der Waals surface area contributed by atoms with Gasteiger partial charge in [0.2, 0.25) is 0 Å². The van der Waals surface area contributed by atoms with Crippen LogP contribution >= 0.6 is 0 Å². The summed E-state index contributed by atoms with van der Waals surface area (Å²) in [6.45, 7) is 7.66. The Kier molecular flexibility index (Phi) is 10.6. The molecule has 0 aromatic heterocycles. The summed E-state index contributed by atoms with van der Waals surface area (Å²) in [5, 5.41) is 0. The van der Waals surface area contributed by atoms with Crippen LogP contribution in [-0.4, -0.2) is 6.61 Å². The Morgan fingerprint density at radius 2 is 1.24 bits per heavy atom. The smallest absolute Gasteiger partial charge is 0.119 e. The van der Waals surface area contributed by atoms with Crippen molar-refractivity contribution < 1.29 is 4.74 Å². The van der Waals surface area contributed by atoms with Gasteiger partial charge in [-0.15, -0.1) is 6.42 Å². The molecule has 34 heavy (non-hydrogen) atoms. The van der Waals surface area contributed by atoms with Crippen molar-refractivity contribution in [3.63, 3.8) is 0 Å². The van der Waals surface area contributed by atoms with Crippen molar-refractivity contribution >= 4 is 0 Å². The third-order valence-corrected chi connectivity index (χ3v) is 7.68. The molecule has 0 aliphatic heterocycles. The molecule has 2 aromatic carbocycles. The third-order valence-electron chi connectivity index (χ3n) is 7.68. The first kappa shape index (κ1) is 26.4. The molecule has 184 valence electrons. The molecular weight excluding hydrogens is 412 g/mol. The molecule has 0 saturated carbocycles. The fraction of sp³-hybridized carbons (Fsp3) is 0.576. The van der Waals surface area contributed by atoms with Crippen molar-refractivity contribution in [2.45, 2.75) is 116 Å². The van der Waals surface area contributed by atoms with E-state index in [2.05, 4.69) is 63.1 Å². The van der Waals surface area contributed by atoms with Crippen LogP contribution in [0, 0.1) is 12.3 Å². The van der Waals surface area contributed by atoms with Crippen molar-refractivity contribution in [2.75, 3.05) is 6.61 Å². The monoisotopic (exact) mass is 458 g/mol. The first-order valence-electron chi connectivity index (χ1n) is 14.1. The molecule has 1 aliphatic rings. The number of unbranched alkanes of at least 4 members (excludes halogenated alkanes) is 9. The molecule has 0 amide bonds.